The van der Waals surface area contributed by atoms with Gasteiger partial charge in [-0.1, -0.05) is 17.7 Å². The van der Waals surface area contributed by atoms with Gasteiger partial charge in [-0.15, -0.1) is 0 Å². The molecular formula is C11H10ClF6NO. The third-order valence-corrected chi connectivity index (χ3v) is 2.92. The predicted molar refractivity (Wildman–Crippen MR) is 60.5 cm³/mol. The fourth-order valence-electron chi connectivity index (χ4n) is 1.68. The van der Waals surface area contributed by atoms with Gasteiger partial charge in [0.1, 0.15) is 5.75 Å². The van der Waals surface area contributed by atoms with Crippen molar-refractivity contribution >= 4 is 11.6 Å². The minimum Gasteiger partial charge on any atom is -0.495 e. The van der Waals surface area contributed by atoms with Crippen molar-refractivity contribution in [3.8, 4) is 5.75 Å². The summed E-state index contributed by atoms with van der Waals surface area (Å²) in [6.45, 7) is 0. The van der Waals surface area contributed by atoms with Gasteiger partial charge in [0.05, 0.1) is 18.2 Å². The third-order valence-electron chi connectivity index (χ3n) is 2.63. The number of methoxy groups -OCH3 is 1. The van der Waals surface area contributed by atoms with Crippen LogP contribution in [0.25, 0.3) is 0 Å². The summed E-state index contributed by atoms with van der Waals surface area (Å²) in [5.41, 5.74) is 4.75. The lowest BCUT2D eigenvalue weighted by molar-refractivity contribution is -0.290. The van der Waals surface area contributed by atoms with Crippen molar-refractivity contribution in [1.29, 1.82) is 0 Å². The Morgan fingerprint density at radius 1 is 1.10 bits per heavy atom. The maximum Gasteiger partial charge on any atom is 0.402 e. The molecule has 1 unspecified atom stereocenters. The van der Waals surface area contributed by atoms with Gasteiger partial charge in [-0.3, -0.25) is 0 Å². The number of ether oxygens (including phenoxy) is 1. The number of halogens is 7. The highest BCUT2D eigenvalue weighted by Crippen LogP contribution is 2.46. The smallest absolute Gasteiger partial charge is 0.402 e. The highest BCUT2D eigenvalue weighted by molar-refractivity contribution is 6.32. The van der Waals surface area contributed by atoms with Crippen molar-refractivity contribution in [2.24, 2.45) is 11.7 Å². The van der Waals surface area contributed by atoms with Gasteiger partial charge in [-0.05, 0) is 17.7 Å². The Morgan fingerprint density at radius 2 is 1.60 bits per heavy atom. The Morgan fingerprint density at radius 3 is 1.95 bits per heavy atom. The summed E-state index contributed by atoms with van der Waals surface area (Å²) < 4.78 is 80.0. The monoisotopic (exact) mass is 321 g/mol. The topological polar surface area (TPSA) is 35.2 Å². The molecule has 0 fully saturated rings. The Labute approximate surface area is 115 Å². The molecule has 1 aromatic rings. The molecule has 0 aromatic heterocycles. The Hall–Kier alpha value is -1.15. The van der Waals surface area contributed by atoms with Crippen molar-refractivity contribution < 1.29 is 31.1 Å². The lowest BCUT2D eigenvalue weighted by Gasteiger charge is -2.28. The molecule has 2 nitrogen and oxygen atoms in total. The molecule has 1 aromatic carbocycles. The zero-order chi connectivity index (χ0) is 15.7. The summed E-state index contributed by atoms with van der Waals surface area (Å²) in [6, 6.07) is 0.787. The number of hydrogen-bond acceptors (Lipinski definition) is 2. The molecule has 0 aliphatic heterocycles. The van der Waals surface area contributed by atoms with Crippen molar-refractivity contribution in [1.82, 2.24) is 0 Å². The normalized spacial score (nSPS) is 14.5. The van der Waals surface area contributed by atoms with Crippen LogP contribution in [0.1, 0.15) is 11.6 Å². The summed E-state index contributed by atoms with van der Waals surface area (Å²) in [5.74, 6) is -3.54. The molecule has 1 rings (SSSR count). The molecule has 0 spiro atoms. The van der Waals surface area contributed by atoms with Crippen LogP contribution in [0.5, 0.6) is 5.75 Å². The average Bonchev–Trinajstić information content (AvgIpc) is 2.24. The van der Waals surface area contributed by atoms with Gasteiger partial charge < -0.3 is 10.5 Å². The molecule has 0 radical (unpaired) electrons. The van der Waals surface area contributed by atoms with Crippen LogP contribution in [0.4, 0.5) is 26.3 Å². The molecule has 114 valence electrons. The van der Waals surface area contributed by atoms with E-state index in [1.54, 1.807) is 0 Å². The van der Waals surface area contributed by atoms with Crippen LogP contribution in [0, 0.1) is 5.92 Å². The molecule has 0 bridgehead atoms. The second-order valence-corrected chi connectivity index (χ2v) is 4.39. The molecule has 0 saturated carbocycles. The van der Waals surface area contributed by atoms with E-state index in [-0.39, 0.29) is 16.3 Å². The maximum absolute atomic E-state index is 12.5. The number of rotatable bonds is 3. The standard InChI is InChI=1S/C11H10ClF6NO/c1-20-7-3-2-5(4-6(7)12)8(19)9(10(13,14)15)11(16,17)18/h2-4,8-9H,19H2,1H3. The summed E-state index contributed by atoms with van der Waals surface area (Å²) in [6.07, 6.45) is -11.0. The van der Waals surface area contributed by atoms with E-state index in [0.29, 0.717) is 0 Å². The van der Waals surface area contributed by atoms with E-state index in [2.05, 4.69) is 0 Å². The minimum absolute atomic E-state index is 0.122. The molecule has 0 saturated heterocycles. The van der Waals surface area contributed by atoms with E-state index in [0.717, 1.165) is 18.2 Å². The predicted octanol–water partition coefficient (Wildman–Crippen LogP) is 4.09. The van der Waals surface area contributed by atoms with Crippen LogP contribution in [-0.2, 0) is 0 Å². The van der Waals surface area contributed by atoms with Gasteiger partial charge in [0, 0.05) is 0 Å². The Bertz CT molecular complexity index is 459. The van der Waals surface area contributed by atoms with E-state index >= 15 is 0 Å². The Balaban J connectivity index is 3.20. The molecule has 0 aliphatic rings. The fraction of sp³-hybridized carbons (Fsp3) is 0.455. The number of benzene rings is 1. The minimum atomic E-state index is -5.51. The fourth-order valence-corrected chi connectivity index (χ4v) is 1.94. The Kier molecular flexibility index (Phi) is 4.81. The first-order valence-electron chi connectivity index (χ1n) is 5.21. The highest BCUT2D eigenvalue weighted by Gasteiger charge is 2.59. The number of nitrogens with two attached hydrogens (primary N) is 1. The van der Waals surface area contributed by atoms with Gasteiger partial charge in [-0.25, -0.2) is 0 Å². The molecule has 2 N–H and O–H groups in total. The van der Waals surface area contributed by atoms with Crippen molar-refractivity contribution in [3.05, 3.63) is 28.8 Å². The highest BCUT2D eigenvalue weighted by atomic mass is 35.5. The lowest BCUT2D eigenvalue weighted by Crippen LogP contribution is -2.43. The quantitative estimate of drug-likeness (QED) is 0.851. The van der Waals surface area contributed by atoms with Crippen molar-refractivity contribution in [2.45, 2.75) is 18.4 Å². The first-order chi connectivity index (χ1) is 8.98. The molecule has 0 heterocycles. The van der Waals surface area contributed by atoms with Gasteiger partial charge in [0.25, 0.3) is 0 Å². The van der Waals surface area contributed by atoms with E-state index in [4.69, 9.17) is 22.1 Å². The third kappa shape index (κ3) is 3.69. The average molecular weight is 322 g/mol. The lowest BCUT2D eigenvalue weighted by atomic mass is 9.92. The van der Waals surface area contributed by atoms with Crippen LogP contribution < -0.4 is 10.5 Å². The van der Waals surface area contributed by atoms with Gasteiger partial charge in [0.15, 0.2) is 5.92 Å². The van der Waals surface area contributed by atoms with Gasteiger partial charge >= 0.3 is 12.4 Å². The van der Waals surface area contributed by atoms with E-state index in [1.807, 2.05) is 0 Å². The number of hydrogen-bond donors (Lipinski definition) is 1. The first-order valence-corrected chi connectivity index (χ1v) is 5.58. The molecular weight excluding hydrogens is 312 g/mol. The molecule has 0 aliphatic carbocycles. The second-order valence-electron chi connectivity index (χ2n) is 3.98. The zero-order valence-electron chi connectivity index (χ0n) is 10.0. The first kappa shape index (κ1) is 16.9. The van der Waals surface area contributed by atoms with Crippen LogP contribution in [0.15, 0.2) is 18.2 Å². The molecule has 1 atom stereocenters. The molecule has 9 heteroatoms. The summed E-state index contributed by atoms with van der Waals surface area (Å²) in [7, 11) is 1.26. The number of alkyl halides is 6. The van der Waals surface area contributed by atoms with Crippen LogP contribution in [0.2, 0.25) is 5.02 Å². The van der Waals surface area contributed by atoms with Crippen LogP contribution in [-0.4, -0.2) is 19.5 Å². The van der Waals surface area contributed by atoms with Crippen molar-refractivity contribution in [3.63, 3.8) is 0 Å². The SMILES string of the molecule is COc1ccc(C(N)C(C(F)(F)F)C(F)(F)F)cc1Cl. The summed E-state index contributed by atoms with van der Waals surface area (Å²) >= 11 is 5.66. The molecule has 20 heavy (non-hydrogen) atoms. The zero-order valence-corrected chi connectivity index (χ0v) is 10.8. The second kappa shape index (κ2) is 5.69. The van der Waals surface area contributed by atoms with Crippen LogP contribution >= 0.6 is 11.6 Å². The van der Waals surface area contributed by atoms with E-state index in [9.17, 15) is 26.3 Å². The van der Waals surface area contributed by atoms with Crippen molar-refractivity contribution in [2.75, 3.05) is 7.11 Å². The summed E-state index contributed by atoms with van der Waals surface area (Å²) in [5, 5.41) is -0.122. The summed E-state index contributed by atoms with van der Waals surface area (Å²) in [4.78, 5) is 0. The van der Waals surface area contributed by atoms with E-state index < -0.39 is 24.3 Å². The molecule has 0 amide bonds. The maximum atomic E-state index is 12.5. The van der Waals surface area contributed by atoms with Gasteiger partial charge in [-0.2, -0.15) is 26.3 Å². The largest absolute Gasteiger partial charge is 0.495 e. The van der Waals surface area contributed by atoms with Gasteiger partial charge in [0.2, 0.25) is 0 Å². The van der Waals surface area contributed by atoms with Crippen LogP contribution in [0.3, 0.4) is 0 Å². The van der Waals surface area contributed by atoms with E-state index in [1.165, 1.54) is 7.11 Å².